The quantitative estimate of drug-likeness (QED) is 0.764. The molecule has 1 heterocycles. The van der Waals surface area contributed by atoms with Gasteiger partial charge in [0, 0.05) is 12.6 Å². The van der Waals surface area contributed by atoms with Gasteiger partial charge in [0.25, 0.3) is 0 Å². The molecule has 0 spiro atoms. The smallest absolute Gasteiger partial charge is 0.00928 e. The van der Waals surface area contributed by atoms with Crippen LogP contribution in [-0.2, 0) is 0 Å². The average Bonchev–Trinajstić information content (AvgIpc) is 2.84. The van der Waals surface area contributed by atoms with Crippen molar-refractivity contribution in [3.8, 4) is 0 Å². The van der Waals surface area contributed by atoms with Crippen LogP contribution < -0.4 is 5.32 Å². The molecule has 2 rings (SSSR count). The highest BCUT2D eigenvalue weighted by molar-refractivity contribution is 4.83. The Balaban J connectivity index is 1.66. The number of nitrogens with zero attached hydrogens (tertiary/aromatic N) is 1. The fourth-order valence-corrected chi connectivity index (χ4v) is 3.13. The molecule has 2 nitrogen and oxygen atoms in total. The van der Waals surface area contributed by atoms with Crippen molar-refractivity contribution < 1.29 is 0 Å². The molecule has 0 aromatic heterocycles. The SMILES string of the molecule is CCN1CCC(CNC2CCCC2C)C1. The molecule has 1 aliphatic carbocycles. The lowest BCUT2D eigenvalue weighted by Gasteiger charge is -2.20. The number of hydrogen-bond acceptors (Lipinski definition) is 2. The van der Waals surface area contributed by atoms with E-state index in [9.17, 15) is 0 Å². The zero-order valence-electron chi connectivity index (χ0n) is 10.3. The zero-order valence-corrected chi connectivity index (χ0v) is 10.3. The van der Waals surface area contributed by atoms with Crippen molar-refractivity contribution in [3.63, 3.8) is 0 Å². The van der Waals surface area contributed by atoms with Crippen LogP contribution in [0.15, 0.2) is 0 Å². The Morgan fingerprint density at radius 3 is 2.73 bits per heavy atom. The van der Waals surface area contributed by atoms with Crippen LogP contribution in [0.2, 0.25) is 0 Å². The first-order valence-corrected chi connectivity index (χ1v) is 6.75. The Morgan fingerprint density at radius 2 is 2.13 bits per heavy atom. The van der Waals surface area contributed by atoms with Crippen molar-refractivity contribution in [1.82, 2.24) is 10.2 Å². The first-order valence-electron chi connectivity index (χ1n) is 6.75. The molecule has 88 valence electrons. The Hall–Kier alpha value is -0.0800. The maximum Gasteiger partial charge on any atom is 0.00928 e. The molecular formula is C13H26N2. The third-order valence-corrected chi connectivity index (χ3v) is 4.35. The summed E-state index contributed by atoms with van der Waals surface area (Å²) in [6.45, 7) is 9.81. The summed E-state index contributed by atoms with van der Waals surface area (Å²) in [4.78, 5) is 2.57. The summed E-state index contributed by atoms with van der Waals surface area (Å²) in [5.74, 6) is 1.83. The van der Waals surface area contributed by atoms with Gasteiger partial charge in [-0.1, -0.05) is 20.3 Å². The van der Waals surface area contributed by atoms with Gasteiger partial charge in [-0.2, -0.15) is 0 Å². The molecule has 1 saturated carbocycles. The van der Waals surface area contributed by atoms with Crippen molar-refractivity contribution in [2.45, 2.75) is 45.6 Å². The van der Waals surface area contributed by atoms with Crippen molar-refractivity contribution in [1.29, 1.82) is 0 Å². The molecule has 15 heavy (non-hydrogen) atoms. The number of hydrogen-bond donors (Lipinski definition) is 1. The summed E-state index contributed by atoms with van der Waals surface area (Å²) in [6, 6.07) is 0.820. The van der Waals surface area contributed by atoms with Crippen LogP contribution >= 0.6 is 0 Å². The van der Waals surface area contributed by atoms with Gasteiger partial charge >= 0.3 is 0 Å². The van der Waals surface area contributed by atoms with Crippen molar-refractivity contribution in [3.05, 3.63) is 0 Å². The third-order valence-electron chi connectivity index (χ3n) is 4.35. The van der Waals surface area contributed by atoms with Gasteiger partial charge in [-0.15, -0.1) is 0 Å². The van der Waals surface area contributed by atoms with E-state index < -0.39 is 0 Å². The Labute approximate surface area is 94.4 Å². The van der Waals surface area contributed by atoms with Crippen molar-refractivity contribution in [2.24, 2.45) is 11.8 Å². The van der Waals surface area contributed by atoms with E-state index in [0.29, 0.717) is 0 Å². The molecule has 0 amide bonds. The lowest BCUT2D eigenvalue weighted by atomic mass is 10.0. The fourth-order valence-electron chi connectivity index (χ4n) is 3.13. The molecule has 3 atom stereocenters. The summed E-state index contributed by atoms with van der Waals surface area (Å²) < 4.78 is 0. The van der Waals surface area contributed by atoms with Crippen LogP contribution in [0, 0.1) is 11.8 Å². The second-order valence-corrected chi connectivity index (χ2v) is 5.47. The molecule has 2 aliphatic rings. The van der Waals surface area contributed by atoms with Gasteiger partial charge in [-0.3, -0.25) is 0 Å². The molecule has 0 bridgehead atoms. The van der Waals surface area contributed by atoms with Gasteiger partial charge in [0.1, 0.15) is 0 Å². The molecule has 2 fully saturated rings. The molecular weight excluding hydrogens is 184 g/mol. The highest BCUT2D eigenvalue weighted by atomic mass is 15.1. The summed E-state index contributed by atoms with van der Waals surface area (Å²) >= 11 is 0. The minimum Gasteiger partial charge on any atom is -0.313 e. The number of likely N-dealkylation sites (tertiary alicyclic amines) is 1. The largest absolute Gasteiger partial charge is 0.313 e. The molecule has 1 saturated heterocycles. The molecule has 0 aromatic rings. The summed E-state index contributed by atoms with van der Waals surface area (Å²) in [7, 11) is 0. The minimum absolute atomic E-state index is 0.820. The Kier molecular flexibility index (Phi) is 4.04. The van der Waals surface area contributed by atoms with Gasteiger partial charge in [0.2, 0.25) is 0 Å². The van der Waals surface area contributed by atoms with Crippen molar-refractivity contribution >= 4 is 0 Å². The standard InChI is InChI=1S/C13H26N2/c1-3-15-8-7-12(10-15)9-14-13-6-4-5-11(13)2/h11-14H,3-10H2,1-2H3. The second-order valence-electron chi connectivity index (χ2n) is 5.47. The fraction of sp³-hybridized carbons (Fsp3) is 1.00. The van der Waals surface area contributed by atoms with E-state index in [2.05, 4.69) is 24.1 Å². The number of nitrogens with one attached hydrogen (secondary N) is 1. The molecule has 1 aliphatic heterocycles. The van der Waals surface area contributed by atoms with Crippen LogP contribution in [0.3, 0.4) is 0 Å². The van der Waals surface area contributed by atoms with Crippen LogP contribution in [0.4, 0.5) is 0 Å². The van der Waals surface area contributed by atoms with Crippen LogP contribution in [0.1, 0.15) is 39.5 Å². The zero-order chi connectivity index (χ0) is 10.7. The topological polar surface area (TPSA) is 15.3 Å². The van der Waals surface area contributed by atoms with Gasteiger partial charge in [0.15, 0.2) is 0 Å². The van der Waals surface area contributed by atoms with Gasteiger partial charge in [-0.25, -0.2) is 0 Å². The lowest BCUT2D eigenvalue weighted by molar-refractivity contribution is 0.328. The Morgan fingerprint density at radius 1 is 1.27 bits per heavy atom. The highest BCUT2D eigenvalue weighted by Crippen LogP contribution is 2.25. The van der Waals surface area contributed by atoms with Gasteiger partial charge < -0.3 is 10.2 Å². The number of rotatable bonds is 4. The van der Waals surface area contributed by atoms with E-state index in [-0.39, 0.29) is 0 Å². The van der Waals surface area contributed by atoms with E-state index in [0.717, 1.165) is 17.9 Å². The first-order chi connectivity index (χ1) is 7.29. The monoisotopic (exact) mass is 210 g/mol. The normalized spacial score (nSPS) is 37.6. The summed E-state index contributed by atoms with van der Waals surface area (Å²) in [5, 5.41) is 3.79. The van der Waals surface area contributed by atoms with Gasteiger partial charge in [-0.05, 0) is 50.7 Å². The summed E-state index contributed by atoms with van der Waals surface area (Å²) in [5.41, 5.74) is 0. The van der Waals surface area contributed by atoms with Crippen LogP contribution in [-0.4, -0.2) is 37.1 Å². The van der Waals surface area contributed by atoms with E-state index in [1.54, 1.807) is 0 Å². The Bertz CT molecular complexity index is 193. The molecule has 1 N–H and O–H groups in total. The predicted molar refractivity (Wildman–Crippen MR) is 65.0 cm³/mol. The average molecular weight is 210 g/mol. The molecule has 3 unspecified atom stereocenters. The van der Waals surface area contributed by atoms with Crippen molar-refractivity contribution in [2.75, 3.05) is 26.2 Å². The molecule has 0 radical (unpaired) electrons. The molecule has 0 aromatic carbocycles. The van der Waals surface area contributed by atoms with Crippen LogP contribution in [0.5, 0.6) is 0 Å². The highest BCUT2D eigenvalue weighted by Gasteiger charge is 2.25. The van der Waals surface area contributed by atoms with Crippen LogP contribution in [0.25, 0.3) is 0 Å². The van der Waals surface area contributed by atoms with E-state index >= 15 is 0 Å². The maximum absolute atomic E-state index is 3.79. The third kappa shape index (κ3) is 2.94. The lowest BCUT2D eigenvalue weighted by Crippen LogP contribution is -2.35. The van der Waals surface area contributed by atoms with Gasteiger partial charge in [0.05, 0.1) is 0 Å². The predicted octanol–water partition coefficient (Wildman–Crippen LogP) is 2.11. The second kappa shape index (κ2) is 5.31. The van der Waals surface area contributed by atoms with E-state index in [1.165, 1.54) is 51.9 Å². The first kappa shape index (κ1) is 11.4. The molecule has 2 heteroatoms. The van der Waals surface area contributed by atoms with E-state index in [4.69, 9.17) is 0 Å². The minimum atomic E-state index is 0.820. The maximum atomic E-state index is 3.79. The van der Waals surface area contributed by atoms with E-state index in [1.807, 2.05) is 0 Å². The summed E-state index contributed by atoms with van der Waals surface area (Å²) in [6.07, 6.45) is 5.68.